The quantitative estimate of drug-likeness (QED) is 0.731. The first kappa shape index (κ1) is 17.3. The zero-order valence-electron chi connectivity index (χ0n) is 13.9. The number of nitrogens with one attached hydrogen (secondary N) is 1. The van der Waals surface area contributed by atoms with Gasteiger partial charge in [0, 0.05) is 18.7 Å². The summed E-state index contributed by atoms with van der Waals surface area (Å²) in [5, 5.41) is 0. The number of quaternary nitrogens is 1. The number of hydrogen-bond donors (Lipinski definition) is 1. The molecule has 3 rings (SSSR count). The first-order chi connectivity index (χ1) is 11.5. The SMILES string of the molecule is C[NH+]1CCN(C(=O)c2cccc(S(=O)(=O)N3CCOCC3)c2)CC1. The molecule has 2 aliphatic rings. The molecule has 0 spiro atoms. The van der Waals surface area contributed by atoms with Crippen molar-refractivity contribution < 1.29 is 22.8 Å². The number of ether oxygens (including phenoxy) is 1. The van der Waals surface area contributed by atoms with Crippen LogP contribution in [0.1, 0.15) is 10.4 Å². The molecule has 1 amide bonds. The van der Waals surface area contributed by atoms with E-state index in [2.05, 4.69) is 7.05 Å². The third-order valence-corrected chi connectivity index (χ3v) is 6.49. The van der Waals surface area contributed by atoms with Gasteiger partial charge < -0.3 is 14.5 Å². The molecular formula is C16H24N3O4S+. The number of carbonyl (C=O) groups is 1. The molecule has 0 radical (unpaired) electrons. The van der Waals surface area contributed by atoms with E-state index in [1.165, 1.54) is 15.3 Å². The van der Waals surface area contributed by atoms with Crippen LogP contribution in [-0.2, 0) is 14.8 Å². The lowest BCUT2D eigenvalue weighted by Gasteiger charge is -2.30. The van der Waals surface area contributed by atoms with Crippen LogP contribution in [-0.4, -0.2) is 83.1 Å². The number of sulfonamides is 1. The Balaban J connectivity index is 1.79. The van der Waals surface area contributed by atoms with Crippen LogP contribution in [0.2, 0.25) is 0 Å². The zero-order chi connectivity index (χ0) is 17.2. The molecule has 2 aliphatic heterocycles. The van der Waals surface area contributed by atoms with E-state index in [1.807, 2.05) is 0 Å². The van der Waals surface area contributed by atoms with Crippen LogP contribution < -0.4 is 4.90 Å². The highest BCUT2D eigenvalue weighted by Gasteiger charge is 2.28. The molecular weight excluding hydrogens is 330 g/mol. The van der Waals surface area contributed by atoms with Crippen molar-refractivity contribution in [3.8, 4) is 0 Å². The highest BCUT2D eigenvalue weighted by molar-refractivity contribution is 7.89. The van der Waals surface area contributed by atoms with Gasteiger partial charge in [-0.3, -0.25) is 4.79 Å². The first-order valence-corrected chi connectivity index (χ1v) is 9.71. The van der Waals surface area contributed by atoms with E-state index in [9.17, 15) is 13.2 Å². The maximum Gasteiger partial charge on any atom is 0.254 e. The Morgan fingerprint density at radius 2 is 1.79 bits per heavy atom. The Bertz CT molecular complexity index is 693. The smallest absolute Gasteiger partial charge is 0.254 e. The van der Waals surface area contributed by atoms with Gasteiger partial charge in [0.05, 0.1) is 51.3 Å². The van der Waals surface area contributed by atoms with Gasteiger partial charge in [-0.2, -0.15) is 4.31 Å². The van der Waals surface area contributed by atoms with Crippen molar-refractivity contribution in [3.63, 3.8) is 0 Å². The lowest BCUT2D eigenvalue weighted by Crippen LogP contribution is -3.12. The van der Waals surface area contributed by atoms with Crippen LogP contribution >= 0.6 is 0 Å². The van der Waals surface area contributed by atoms with E-state index in [-0.39, 0.29) is 10.8 Å². The van der Waals surface area contributed by atoms with Gasteiger partial charge in [-0.15, -0.1) is 0 Å². The van der Waals surface area contributed by atoms with E-state index in [1.54, 1.807) is 23.1 Å². The summed E-state index contributed by atoms with van der Waals surface area (Å²) in [6.07, 6.45) is 0. The molecule has 0 saturated carbocycles. The van der Waals surface area contributed by atoms with Gasteiger partial charge in [-0.1, -0.05) is 6.07 Å². The second-order valence-corrected chi connectivity index (χ2v) is 8.23. The van der Waals surface area contributed by atoms with E-state index >= 15 is 0 Å². The summed E-state index contributed by atoms with van der Waals surface area (Å²) in [4.78, 5) is 16.0. The minimum absolute atomic E-state index is 0.0958. The molecule has 2 fully saturated rings. The molecule has 0 atom stereocenters. The van der Waals surface area contributed by atoms with Gasteiger partial charge in [0.25, 0.3) is 5.91 Å². The number of carbonyl (C=O) groups excluding carboxylic acids is 1. The third-order valence-electron chi connectivity index (χ3n) is 4.59. The standard InChI is InChI=1S/C16H23N3O4S/c1-17-5-7-18(8-6-17)16(20)14-3-2-4-15(13-14)24(21,22)19-9-11-23-12-10-19/h2-4,13H,5-12H2,1H3/p+1. The molecule has 0 unspecified atom stereocenters. The summed E-state index contributed by atoms with van der Waals surface area (Å²) in [5.41, 5.74) is 0.434. The van der Waals surface area contributed by atoms with Crippen molar-refractivity contribution in [3.05, 3.63) is 29.8 Å². The van der Waals surface area contributed by atoms with Gasteiger partial charge in [-0.25, -0.2) is 8.42 Å². The normalized spacial score (nSPS) is 21.0. The fraction of sp³-hybridized carbons (Fsp3) is 0.562. The second-order valence-electron chi connectivity index (χ2n) is 6.29. The maximum atomic E-state index is 12.7. The molecule has 24 heavy (non-hydrogen) atoms. The molecule has 7 nitrogen and oxygen atoms in total. The van der Waals surface area contributed by atoms with E-state index < -0.39 is 10.0 Å². The molecule has 0 aromatic heterocycles. The van der Waals surface area contributed by atoms with Gasteiger partial charge in [-0.05, 0) is 18.2 Å². The molecule has 0 bridgehead atoms. The van der Waals surface area contributed by atoms with Crippen molar-refractivity contribution in [2.24, 2.45) is 0 Å². The first-order valence-electron chi connectivity index (χ1n) is 8.27. The predicted octanol–water partition coefficient (Wildman–Crippen LogP) is -1.32. The second kappa shape index (κ2) is 7.18. The average Bonchev–Trinajstić information content (AvgIpc) is 2.62. The molecule has 2 saturated heterocycles. The topological polar surface area (TPSA) is 71.4 Å². The van der Waals surface area contributed by atoms with Gasteiger partial charge in [0.1, 0.15) is 0 Å². The van der Waals surface area contributed by atoms with Crippen LogP contribution in [0.15, 0.2) is 29.2 Å². The summed E-state index contributed by atoms with van der Waals surface area (Å²) >= 11 is 0. The number of rotatable bonds is 3. The highest BCUT2D eigenvalue weighted by Crippen LogP contribution is 2.19. The van der Waals surface area contributed by atoms with Crippen LogP contribution in [0.4, 0.5) is 0 Å². The highest BCUT2D eigenvalue weighted by atomic mass is 32.2. The third kappa shape index (κ3) is 3.61. The Morgan fingerprint density at radius 3 is 2.46 bits per heavy atom. The Kier molecular flexibility index (Phi) is 5.19. The lowest BCUT2D eigenvalue weighted by atomic mass is 10.2. The van der Waals surface area contributed by atoms with Crippen LogP contribution in [0.3, 0.4) is 0 Å². The van der Waals surface area contributed by atoms with Crippen molar-refractivity contribution >= 4 is 15.9 Å². The van der Waals surface area contributed by atoms with E-state index in [0.29, 0.717) is 45.0 Å². The van der Waals surface area contributed by atoms with E-state index in [0.717, 1.165) is 13.1 Å². The van der Waals surface area contributed by atoms with Crippen LogP contribution in [0.25, 0.3) is 0 Å². The summed E-state index contributed by atoms with van der Waals surface area (Å²) in [6.45, 7) is 4.73. The Labute approximate surface area is 142 Å². The fourth-order valence-corrected chi connectivity index (χ4v) is 4.45. The van der Waals surface area contributed by atoms with E-state index in [4.69, 9.17) is 4.74 Å². The van der Waals surface area contributed by atoms with Gasteiger partial charge >= 0.3 is 0 Å². The van der Waals surface area contributed by atoms with Gasteiger partial charge in [0.15, 0.2) is 0 Å². The minimum atomic E-state index is -3.58. The zero-order valence-corrected chi connectivity index (χ0v) is 14.7. The van der Waals surface area contributed by atoms with Gasteiger partial charge in [0.2, 0.25) is 10.0 Å². The number of hydrogen-bond acceptors (Lipinski definition) is 4. The number of nitrogens with zero attached hydrogens (tertiary/aromatic N) is 2. The molecule has 132 valence electrons. The Hall–Kier alpha value is -1.48. The maximum absolute atomic E-state index is 12.7. The molecule has 1 aromatic rings. The van der Waals surface area contributed by atoms with Crippen LogP contribution in [0.5, 0.6) is 0 Å². The fourth-order valence-electron chi connectivity index (χ4n) is 3.00. The predicted molar refractivity (Wildman–Crippen MR) is 88.5 cm³/mol. The monoisotopic (exact) mass is 354 g/mol. The number of piperazine rings is 1. The molecule has 0 aliphatic carbocycles. The number of amides is 1. The summed E-state index contributed by atoms with van der Waals surface area (Å²) in [5.74, 6) is -0.0958. The number of benzene rings is 1. The molecule has 1 aromatic carbocycles. The van der Waals surface area contributed by atoms with Crippen molar-refractivity contribution in [2.45, 2.75) is 4.90 Å². The summed E-state index contributed by atoms with van der Waals surface area (Å²) < 4.78 is 32.1. The largest absolute Gasteiger partial charge is 0.379 e. The Morgan fingerprint density at radius 1 is 1.12 bits per heavy atom. The summed E-state index contributed by atoms with van der Waals surface area (Å²) in [7, 11) is -1.47. The van der Waals surface area contributed by atoms with Crippen molar-refractivity contribution in [1.82, 2.24) is 9.21 Å². The average molecular weight is 354 g/mol. The van der Waals surface area contributed by atoms with Crippen molar-refractivity contribution in [1.29, 1.82) is 0 Å². The molecule has 8 heteroatoms. The number of morpholine rings is 1. The molecule has 1 N–H and O–H groups in total. The minimum Gasteiger partial charge on any atom is -0.379 e. The number of likely N-dealkylation sites (N-methyl/N-ethyl adjacent to an activating group) is 1. The molecule has 2 heterocycles. The van der Waals surface area contributed by atoms with Crippen molar-refractivity contribution in [2.75, 3.05) is 59.5 Å². The lowest BCUT2D eigenvalue weighted by molar-refractivity contribution is -0.883. The summed E-state index contributed by atoms with van der Waals surface area (Å²) in [6, 6.07) is 6.38. The van der Waals surface area contributed by atoms with Crippen LogP contribution in [0, 0.1) is 0 Å².